The molecule has 0 aliphatic heterocycles. The van der Waals surface area contributed by atoms with E-state index in [1.807, 2.05) is 12.3 Å². The lowest BCUT2D eigenvalue weighted by molar-refractivity contribution is -0.213. The number of aromatic nitrogens is 1. The van der Waals surface area contributed by atoms with Crippen molar-refractivity contribution in [2.75, 3.05) is 14.2 Å². The average molecular weight is 188 g/mol. The summed E-state index contributed by atoms with van der Waals surface area (Å²) in [5.41, 5.74) is 6.34. The number of aryl methyl sites for hydroxylation is 1. The molecule has 5 heteroatoms. The zero-order valence-electron chi connectivity index (χ0n) is 7.33. The van der Waals surface area contributed by atoms with Gasteiger partial charge in [-0.3, -0.25) is 5.73 Å². The second-order valence-electron chi connectivity index (χ2n) is 2.33. The van der Waals surface area contributed by atoms with Gasteiger partial charge < -0.3 is 9.47 Å². The summed E-state index contributed by atoms with van der Waals surface area (Å²) >= 11 is 1.51. The first-order chi connectivity index (χ1) is 5.62. The quantitative estimate of drug-likeness (QED) is 0.713. The van der Waals surface area contributed by atoms with E-state index in [2.05, 4.69) is 4.98 Å². The van der Waals surface area contributed by atoms with Crippen LogP contribution in [0.5, 0.6) is 0 Å². The maximum atomic E-state index is 5.73. The van der Waals surface area contributed by atoms with Gasteiger partial charge in [0.15, 0.2) is 0 Å². The third kappa shape index (κ3) is 1.64. The van der Waals surface area contributed by atoms with Crippen molar-refractivity contribution in [3.05, 3.63) is 16.1 Å². The van der Waals surface area contributed by atoms with E-state index < -0.39 is 5.91 Å². The molecule has 4 nitrogen and oxygen atoms in total. The molecule has 0 unspecified atom stereocenters. The summed E-state index contributed by atoms with van der Waals surface area (Å²) in [7, 11) is 2.97. The van der Waals surface area contributed by atoms with Crippen LogP contribution in [-0.2, 0) is 15.4 Å². The number of ether oxygens (including phenoxy) is 2. The summed E-state index contributed by atoms with van der Waals surface area (Å²) < 4.78 is 9.97. The van der Waals surface area contributed by atoms with Gasteiger partial charge in [-0.2, -0.15) is 0 Å². The van der Waals surface area contributed by atoms with Gasteiger partial charge >= 0.3 is 0 Å². The fourth-order valence-electron chi connectivity index (χ4n) is 0.816. The Morgan fingerprint density at radius 3 is 2.42 bits per heavy atom. The van der Waals surface area contributed by atoms with Crippen molar-refractivity contribution in [3.8, 4) is 0 Å². The van der Waals surface area contributed by atoms with Crippen LogP contribution in [-0.4, -0.2) is 19.2 Å². The molecule has 0 radical (unpaired) electrons. The van der Waals surface area contributed by atoms with Gasteiger partial charge in [-0.1, -0.05) is 0 Å². The third-order valence-corrected chi connectivity index (χ3v) is 2.36. The van der Waals surface area contributed by atoms with Gasteiger partial charge in [-0.05, 0) is 6.92 Å². The SMILES string of the molecule is COC(N)(OC)c1csc(C)n1. The van der Waals surface area contributed by atoms with Crippen LogP contribution in [0.4, 0.5) is 0 Å². The number of hydrogen-bond acceptors (Lipinski definition) is 5. The molecule has 0 aliphatic carbocycles. The van der Waals surface area contributed by atoms with Gasteiger partial charge in [-0.15, -0.1) is 11.3 Å². The molecule has 0 saturated carbocycles. The van der Waals surface area contributed by atoms with Crippen LogP contribution >= 0.6 is 11.3 Å². The van der Waals surface area contributed by atoms with Crippen molar-refractivity contribution in [2.24, 2.45) is 5.73 Å². The summed E-state index contributed by atoms with van der Waals surface area (Å²) in [6.45, 7) is 1.90. The van der Waals surface area contributed by atoms with Gasteiger partial charge in [0.05, 0.1) is 5.01 Å². The van der Waals surface area contributed by atoms with Crippen molar-refractivity contribution < 1.29 is 9.47 Å². The van der Waals surface area contributed by atoms with Crippen molar-refractivity contribution in [1.29, 1.82) is 0 Å². The molecule has 0 aliphatic rings. The summed E-state index contributed by atoms with van der Waals surface area (Å²) in [6, 6.07) is 0. The fourth-order valence-corrected chi connectivity index (χ4v) is 1.47. The maximum absolute atomic E-state index is 5.73. The van der Waals surface area contributed by atoms with E-state index in [0.29, 0.717) is 5.69 Å². The van der Waals surface area contributed by atoms with Crippen LogP contribution in [0.25, 0.3) is 0 Å². The van der Waals surface area contributed by atoms with Crippen LogP contribution in [0.1, 0.15) is 10.7 Å². The predicted molar refractivity (Wildman–Crippen MR) is 46.7 cm³/mol. The number of methoxy groups -OCH3 is 2. The fraction of sp³-hybridized carbons (Fsp3) is 0.571. The molecule has 0 fully saturated rings. The zero-order chi connectivity index (χ0) is 9.19. The van der Waals surface area contributed by atoms with Gasteiger partial charge in [0.2, 0.25) is 0 Å². The van der Waals surface area contributed by atoms with Gasteiger partial charge in [0.1, 0.15) is 5.69 Å². The molecule has 1 aromatic rings. The normalized spacial score (nSPS) is 12.0. The zero-order valence-corrected chi connectivity index (χ0v) is 8.14. The number of thiazole rings is 1. The molecular weight excluding hydrogens is 176 g/mol. The Kier molecular flexibility index (Phi) is 2.79. The lowest BCUT2D eigenvalue weighted by Gasteiger charge is -2.23. The van der Waals surface area contributed by atoms with Crippen LogP contribution < -0.4 is 5.73 Å². The molecule has 0 amide bonds. The van der Waals surface area contributed by atoms with Crippen LogP contribution in [0.15, 0.2) is 5.38 Å². The van der Waals surface area contributed by atoms with Crippen LogP contribution in [0, 0.1) is 6.92 Å². The highest BCUT2D eigenvalue weighted by molar-refractivity contribution is 7.09. The Labute approximate surface area is 75.3 Å². The Bertz CT molecular complexity index is 258. The summed E-state index contributed by atoms with van der Waals surface area (Å²) in [5, 5.41) is 2.76. The molecule has 0 saturated heterocycles. The van der Waals surface area contributed by atoms with Crippen molar-refractivity contribution in [2.45, 2.75) is 12.8 Å². The summed E-state index contributed by atoms with van der Waals surface area (Å²) in [4.78, 5) is 4.17. The highest BCUT2D eigenvalue weighted by Gasteiger charge is 2.29. The summed E-state index contributed by atoms with van der Waals surface area (Å²) in [5.74, 6) is -1.20. The van der Waals surface area contributed by atoms with Crippen molar-refractivity contribution >= 4 is 11.3 Å². The minimum atomic E-state index is -1.20. The maximum Gasteiger partial charge on any atom is 0.271 e. The molecule has 1 rings (SSSR count). The first kappa shape index (κ1) is 9.60. The molecule has 0 aromatic carbocycles. The first-order valence-corrected chi connectivity index (χ1v) is 4.32. The minimum Gasteiger partial charge on any atom is -0.336 e. The smallest absolute Gasteiger partial charge is 0.271 e. The second-order valence-corrected chi connectivity index (χ2v) is 3.39. The van der Waals surface area contributed by atoms with E-state index in [1.165, 1.54) is 25.6 Å². The minimum absolute atomic E-state index is 0.606. The van der Waals surface area contributed by atoms with E-state index in [-0.39, 0.29) is 0 Å². The highest BCUT2D eigenvalue weighted by Crippen LogP contribution is 2.21. The largest absolute Gasteiger partial charge is 0.336 e. The average Bonchev–Trinajstić information content (AvgIpc) is 2.51. The monoisotopic (exact) mass is 188 g/mol. The topological polar surface area (TPSA) is 57.4 Å². The van der Waals surface area contributed by atoms with Crippen LogP contribution in [0.3, 0.4) is 0 Å². The Hall–Kier alpha value is -0.490. The molecule has 12 heavy (non-hydrogen) atoms. The van der Waals surface area contributed by atoms with Crippen LogP contribution in [0.2, 0.25) is 0 Å². The molecule has 2 N–H and O–H groups in total. The molecule has 0 bridgehead atoms. The standard InChI is InChI=1S/C7H12N2O2S/c1-5-9-6(4-12-5)7(8,10-2)11-3/h4H,8H2,1-3H3. The van der Waals surface area contributed by atoms with E-state index in [1.54, 1.807) is 0 Å². The van der Waals surface area contributed by atoms with Crippen molar-refractivity contribution in [3.63, 3.8) is 0 Å². The van der Waals surface area contributed by atoms with E-state index in [0.717, 1.165) is 5.01 Å². The molecule has 1 heterocycles. The summed E-state index contributed by atoms with van der Waals surface area (Å²) in [6.07, 6.45) is 0. The number of rotatable bonds is 3. The van der Waals surface area contributed by atoms with E-state index in [9.17, 15) is 0 Å². The van der Waals surface area contributed by atoms with Crippen molar-refractivity contribution in [1.82, 2.24) is 4.98 Å². The van der Waals surface area contributed by atoms with E-state index >= 15 is 0 Å². The Balaban J connectivity index is 2.94. The molecule has 0 spiro atoms. The first-order valence-electron chi connectivity index (χ1n) is 3.44. The number of nitrogens with zero attached hydrogens (tertiary/aromatic N) is 1. The number of nitrogens with two attached hydrogens (primary N) is 1. The number of hydrogen-bond donors (Lipinski definition) is 1. The van der Waals surface area contributed by atoms with Gasteiger partial charge in [-0.25, -0.2) is 4.98 Å². The molecule has 0 atom stereocenters. The lowest BCUT2D eigenvalue weighted by atomic mass is 10.4. The van der Waals surface area contributed by atoms with Gasteiger partial charge in [0.25, 0.3) is 5.91 Å². The van der Waals surface area contributed by atoms with Gasteiger partial charge in [0, 0.05) is 19.6 Å². The lowest BCUT2D eigenvalue weighted by Crippen LogP contribution is -2.40. The third-order valence-electron chi connectivity index (χ3n) is 1.58. The Morgan fingerprint density at radius 1 is 1.50 bits per heavy atom. The second kappa shape index (κ2) is 3.49. The Morgan fingerprint density at radius 2 is 2.08 bits per heavy atom. The molecule has 68 valence electrons. The highest BCUT2D eigenvalue weighted by atomic mass is 32.1. The molecule has 1 aromatic heterocycles. The predicted octanol–water partition coefficient (Wildman–Crippen LogP) is 0.813. The van der Waals surface area contributed by atoms with E-state index in [4.69, 9.17) is 15.2 Å². The molecular formula is C7H12N2O2S.